The number of benzene rings is 1. The Kier molecular flexibility index (Phi) is 4.02. The summed E-state index contributed by atoms with van der Waals surface area (Å²) in [4.78, 5) is 10.7. The third kappa shape index (κ3) is 2.41. The summed E-state index contributed by atoms with van der Waals surface area (Å²) in [7, 11) is 4.17. The van der Waals surface area contributed by atoms with Crippen molar-refractivity contribution in [3.8, 4) is 0 Å². The van der Waals surface area contributed by atoms with E-state index in [2.05, 4.69) is 57.8 Å². The third-order valence-electron chi connectivity index (χ3n) is 3.20. The van der Waals surface area contributed by atoms with Gasteiger partial charge in [-0.2, -0.15) is 0 Å². The lowest BCUT2D eigenvalue weighted by molar-refractivity contribution is 0.389. The van der Waals surface area contributed by atoms with Crippen molar-refractivity contribution >= 4 is 34.3 Å². The van der Waals surface area contributed by atoms with Gasteiger partial charge in [-0.05, 0) is 20.2 Å². The van der Waals surface area contributed by atoms with E-state index in [1.807, 2.05) is 6.20 Å². The first-order valence-corrected chi connectivity index (χ1v) is 6.09. The second-order valence-electron chi connectivity index (χ2n) is 4.73. The molecule has 4 nitrogen and oxygen atoms in total. The van der Waals surface area contributed by atoms with Crippen LogP contribution in [0.5, 0.6) is 0 Å². The summed E-state index contributed by atoms with van der Waals surface area (Å²) in [5.74, 6) is 0. The monoisotopic (exact) mass is 276 g/mol. The zero-order valence-electron chi connectivity index (χ0n) is 11.1. The molecule has 2 heterocycles. The number of halogens is 1. The third-order valence-corrected chi connectivity index (χ3v) is 3.20. The summed E-state index contributed by atoms with van der Waals surface area (Å²) in [5, 5.41) is 2.36. The summed E-state index contributed by atoms with van der Waals surface area (Å²) in [6.45, 7) is 1.94. The highest BCUT2D eigenvalue weighted by Crippen LogP contribution is 2.26. The van der Waals surface area contributed by atoms with Crippen molar-refractivity contribution in [1.82, 2.24) is 19.4 Å². The summed E-state index contributed by atoms with van der Waals surface area (Å²) >= 11 is 0. The summed E-state index contributed by atoms with van der Waals surface area (Å²) in [5.41, 5.74) is 2.25. The van der Waals surface area contributed by atoms with E-state index in [4.69, 9.17) is 0 Å². The minimum atomic E-state index is 0. The van der Waals surface area contributed by atoms with E-state index in [1.54, 1.807) is 6.33 Å². The van der Waals surface area contributed by atoms with Crippen LogP contribution in [-0.4, -0.2) is 40.1 Å². The summed E-state index contributed by atoms with van der Waals surface area (Å²) in [6, 6.07) is 8.41. The normalized spacial score (nSPS) is 11.1. The quantitative estimate of drug-likeness (QED) is 0.737. The lowest BCUT2D eigenvalue weighted by Crippen LogP contribution is -2.18. The van der Waals surface area contributed by atoms with Gasteiger partial charge in [0.1, 0.15) is 12.0 Å². The van der Waals surface area contributed by atoms with E-state index >= 15 is 0 Å². The van der Waals surface area contributed by atoms with Crippen molar-refractivity contribution in [3.05, 3.63) is 36.8 Å². The van der Waals surface area contributed by atoms with Crippen LogP contribution in [0, 0.1) is 0 Å². The van der Waals surface area contributed by atoms with Crippen molar-refractivity contribution in [2.75, 3.05) is 20.6 Å². The highest BCUT2D eigenvalue weighted by Gasteiger charge is 2.10. The predicted octanol–water partition coefficient (Wildman–Crippen LogP) is 2.57. The van der Waals surface area contributed by atoms with Crippen LogP contribution in [0.2, 0.25) is 0 Å². The van der Waals surface area contributed by atoms with Crippen LogP contribution < -0.4 is 0 Å². The van der Waals surface area contributed by atoms with Crippen molar-refractivity contribution < 1.29 is 0 Å². The van der Waals surface area contributed by atoms with Crippen molar-refractivity contribution in [1.29, 1.82) is 0 Å². The van der Waals surface area contributed by atoms with Gasteiger partial charge in [0.15, 0.2) is 0 Å². The molecule has 1 aromatic carbocycles. The molecule has 0 bridgehead atoms. The molecule has 2 aromatic heterocycles. The average molecular weight is 277 g/mol. The Balaban J connectivity index is 0.00000133. The number of aromatic nitrogens is 3. The number of hydrogen-bond donors (Lipinski definition) is 0. The molecule has 0 spiro atoms. The van der Waals surface area contributed by atoms with Gasteiger partial charge in [-0.1, -0.05) is 18.2 Å². The van der Waals surface area contributed by atoms with Gasteiger partial charge in [0, 0.05) is 30.1 Å². The molecule has 0 unspecified atom stereocenters. The average Bonchev–Trinajstić information content (AvgIpc) is 2.71. The van der Waals surface area contributed by atoms with Crippen LogP contribution in [0.25, 0.3) is 21.9 Å². The molecule has 19 heavy (non-hydrogen) atoms. The van der Waals surface area contributed by atoms with Gasteiger partial charge in [-0.15, -0.1) is 12.4 Å². The lowest BCUT2D eigenvalue weighted by Gasteiger charge is -2.11. The fraction of sp³-hybridized carbons (Fsp3) is 0.286. The van der Waals surface area contributed by atoms with E-state index in [0.29, 0.717) is 0 Å². The molecule has 0 atom stereocenters. The van der Waals surface area contributed by atoms with Crippen LogP contribution >= 0.6 is 12.4 Å². The molecular formula is C14H17ClN4. The second kappa shape index (κ2) is 5.55. The molecule has 100 valence electrons. The molecule has 0 saturated heterocycles. The molecular weight excluding hydrogens is 260 g/mol. The highest BCUT2D eigenvalue weighted by atomic mass is 35.5. The maximum atomic E-state index is 4.43. The van der Waals surface area contributed by atoms with E-state index in [0.717, 1.165) is 24.1 Å². The van der Waals surface area contributed by atoms with Gasteiger partial charge >= 0.3 is 0 Å². The molecule has 0 aliphatic carbocycles. The van der Waals surface area contributed by atoms with Crippen LogP contribution in [0.4, 0.5) is 0 Å². The Morgan fingerprint density at radius 2 is 1.95 bits per heavy atom. The number of para-hydroxylation sites is 1. The van der Waals surface area contributed by atoms with Gasteiger partial charge in [0.25, 0.3) is 0 Å². The number of likely N-dealkylation sites (N-methyl/N-ethyl adjacent to an activating group) is 1. The number of rotatable bonds is 3. The van der Waals surface area contributed by atoms with Crippen molar-refractivity contribution in [2.24, 2.45) is 0 Å². The zero-order valence-corrected chi connectivity index (χ0v) is 11.9. The highest BCUT2D eigenvalue weighted by molar-refractivity contribution is 6.06. The molecule has 3 aromatic rings. The fourth-order valence-electron chi connectivity index (χ4n) is 2.31. The Hall–Kier alpha value is -1.65. The number of fused-ring (bicyclic) bond motifs is 3. The molecule has 0 radical (unpaired) electrons. The topological polar surface area (TPSA) is 34.0 Å². The smallest absolute Gasteiger partial charge is 0.144 e. The number of hydrogen-bond acceptors (Lipinski definition) is 3. The first-order valence-electron chi connectivity index (χ1n) is 6.09. The molecule has 0 aliphatic rings. The molecule has 0 aliphatic heterocycles. The lowest BCUT2D eigenvalue weighted by atomic mass is 10.2. The Morgan fingerprint density at radius 1 is 1.16 bits per heavy atom. The Labute approximate surface area is 118 Å². The maximum absolute atomic E-state index is 4.43. The Morgan fingerprint density at radius 3 is 2.74 bits per heavy atom. The van der Waals surface area contributed by atoms with Gasteiger partial charge in [0.05, 0.1) is 5.52 Å². The van der Waals surface area contributed by atoms with E-state index < -0.39 is 0 Å². The SMILES string of the molecule is CN(C)CCn1c2ccccc2c2cncnc21.Cl. The molecule has 3 rings (SSSR count). The summed E-state index contributed by atoms with van der Waals surface area (Å²) < 4.78 is 2.27. The summed E-state index contributed by atoms with van der Waals surface area (Å²) in [6.07, 6.45) is 3.52. The van der Waals surface area contributed by atoms with Gasteiger partial charge < -0.3 is 9.47 Å². The fourth-order valence-corrected chi connectivity index (χ4v) is 2.31. The van der Waals surface area contributed by atoms with E-state index in [1.165, 1.54) is 10.9 Å². The molecule has 0 amide bonds. The molecule has 0 N–H and O–H groups in total. The maximum Gasteiger partial charge on any atom is 0.144 e. The van der Waals surface area contributed by atoms with Gasteiger partial charge in [-0.25, -0.2) is 9.97 Å². The zero-order chi connectivity index (χ0) is 12.5. The van der Waals surface area contributed by atoms with Gasteiger partial charge in [0.2, 0.25) is 0 Å². The molecule has 0 fully saturated rings. The number of nitrogens with zero attached hydrogens (tertiary/aromatic N) is 4. The van der Waals surface area contributed by atoms with Gasteiger partial charge in [-0.3, -0.25) is 0 Å². The first kappa shape index (κ1) is 13.8. The largest absolute Gasteiger partial charge is 0.324 e. The standard InChI is InChI=1S/C14H16N4.ClH/c1-17(2)7-8-18-13-6-4-3-5-11(13)12-9-15-10-16-14(12)18;/h3-6,9-10H,7-8H2,1-2H3;1H. The molecule has 0 saturated carbocycles. The van der Waals surface area contributed by atoms with E-state index in [9.17, 15) is 0 Å². The minimum absolute atomic E-state index is 0. The predicted molar refractivity (Wildman–Crippen MR) is 80.8 cm³/mol. The van der Waals surface area contributed by atoms with E-state index in [-0.39, 0.29) is 12.4 Å². The van der Waals surface area contributed by atoms with Crippen LogP contribution in [0.3, 0.4) is 0 Å². The Bertz CT molecular complexity index is 637. The van der Waals surface area contributed by atoms with Crippen LogP contribution in [0.1, 0.15) is 0 Å². The minimum Gasteiger partial charge on any atom is -0.324 e. The van der Waals surface area contributed by atoms with Crippen molar-refractivity contribution in [3.63, 3.8) is 0 Å². The molecule has 5 heteroatoms. The van der Waals surface area contributed by atoms with Crippen LogP contribution in [-0.2, 0) is 6.54 Å². The second-order valence-corrected chi connectivity index (χ2v) is 4.73. The van der Waals surface area contributed by atoms with Crippen molar-refractivity contribution in [2.45, 2.75) is 6.54 Å². The van der Waals surface area contributed by atoms with Crippen LogP contribution in [0.15, 0.2) is 36.8 Å². The first-order chi connectivity index (χ1) is 8.77.